The van der Waals surface area contributed by atoms with E-state index in [0.717, 1.165) is 30.4 Å². The summed E-state index contributed by atoms with van der Waals surface area (Å²) in [7, 11) is 0. The summed E-state index contributed by atoms with van der Waals surface area (Å²) >= 11 is 0. The van der Waals surface area contributed by atoms with Gasteiger partial charge in [-0.05, 0) is 67.7 Å². The second-order valence-corrected chi connectivity index (χ2v) is 5.75. The van der Waals surface area contributed by atoms with Crippen molar-refractivity contribution in [2.75, 3.05) is 6.54 Å². The molecule has 1 aromatic carbocycles. The Kier molecular flexibility index (Phi) is 3.33. The van der Waals surface area contributed by atoms with Crippen LogP contribution in [0.4, 0.5) is 8.78 Å². The van der Waals surface area contributed by atoms with Gasteiger partial charge in [0.05, 0.1) is 0 Å². The van der Waals surface area contributed by atoms with Crippen molar-refractivity contribution in [1.29, 1.82) is 0 Å². The first-order valence-electron chi connectivity index (χ1n) is 6.88. The lowest BCUT2D eigenvalue weighted by molar-refractivity contribution is 0.378. The van der Waals surface area contributed by atoms with Crippen molar-refractivity contribution in [2.24, 2.45) is 17.8 Å². The van der Waals surface area contributed by atoms with Crippen molar-refractivity contribution in [3.63, 3.8) is 0 Å². The summed E-state index contributed by atoms with van der Waals surface area (Å²) in [4.78, 5) is 0. The van der Waals surface area contributed by atoms with Crippen LogP contribution in [0.2, 0.25) is 0 Å². The highest BCUT2D eigenvalue weighted by Crippen LogP contribution is 2.48. The number of rotatable bonds is 6. The molecule has 1 nitrogen and oxygen atoms in total. The van der Waals surface area contributed by atoms with Gasteiger partial charge in [0.15, 0.2) is 0 Å². The van der Waals surface area contributed by atoms with Gasteiger partial charge in [-0.2, -0.15) is 0 Å². The molecule has 0 spiro atoms. The number of nitrogens with one attached hydrogen (secondary N) is 1. The van der Waals surface area contributed by atoms with Crippen LogP contribution < -0.4 is 5.32 Å². The largest absolute Gasteiger partial charge is 0.312 e. The highest BCUT2D eigenvalue weighted by Gasteiger charge is 2.40. The molecular formula is C15H19F2N. The van der Waals surface area contributed by atoms with E-state index in [9.17, 15) is 8.78 Å². The van der Waals surface area contributed by atoms with E-state index in [4.69, 9.17) is 0 Å². The van der Waals surface area contributed by atoms with E-state index in [2.05, 4.69) is 5.32 Å². The van der Waals surface area contributed by atoms with Crippen LogP contribution in [-0.4, -0.2) is 6.54 Å². The number of halogens is 2. The monoisotopic (exact) mass is 251 g/mol. The average molecular weight is 251 g/mol. The Hall–Kier alpha value is -0.960. The second-order valence-electron chi connectivity index (χ2n) is 5.75. The van der Waals surface area contributed by atoms with E-state index in [1.165, 1.54) is 37.8 Å². The third-order valence-electron chi connectivity index (χ3n) is 4.09. The van der Waals surface area contributed by atoms with E-state index >= 15 is 0 Å². The predicted octanol–water partition coefficient (Wildman–Crippen LogP) is 3.49. The molecule has 1 aromatic rings. The molecule has 2 aliphatic carbocycles. The van der Waals surface area contributed by atoms with Gasteiger partial charge >= 0.3 is 0 Å². The minimum Gasteiger partial charge on any atom is -0.312 e. The zero-order chi connectivity index (χ0) is 12.5. The summed E-state index contributed by atoms with van der Waals surface area (Å²) < 4.78 is 26.0. The molecule has 2 saturated carbocycles. The normalized spacial score (nSPS) is 19.5. The maximum atomic E-state index is 13.0. The Morgan fingerprint density at radius 2 is 1.56 bits per heavy atom. The zero-order valence-electron chi connectivity index (χ0n) is 10.5. The molecule has 0 saturated heterocycles. The molecule has 2 aliphatic rings. The van der Waals surface area contributed by atoms with Crippen LogP contribution in [-0.2, 0) is 6.54 Å². The molecule has 18 heavy (non-hydrogen) atoms. The molecule has 0 bridgehead atoms. The average Bonchev–Trinajstić information content (AvgIpc) is 3.14. The van der Waals surface area contributed by atoms with Crippen molar-refractivity contribution in [3.8, 4) is 0 Å². The highest BCUT2D eigenvalue weighted by atomic mass is 19.1. The van der Waals surface area contributed by atoms with Gasteiger partial charge in [0.25, 0.3) is 0 Å². The molecule has 0 unspecified atom stereocenters. The van der Waals surface area contributed by atoms with Gasteiger partial charge < -0.3 is 5.32 Å². The number of hydrogen-bond acceptors (Lipinski definition) is 1. The maximum absolute atomic E-state index is 13.0. The molecule has 3 rings (SSSR count). The highest BCUT2D eigenvalue weighted by molar-refractivity contribution is 5.17. The molecule has 0 aliphatic heterocycles. The minimum atomic E-state index is -0.493. The van der Waals surface area contributed by atoms with Gasteiger partial charge in [-0.1, -0.05) is 0 Å². The Bertz CT molecular complexity index is 392. The molecule has 98 valence electrons. The summed E-state index contributed by atoms with van der Waals surface area (Å²) in [5.41, 5.74) is 0.692. The number of hydrogen-bond donors (Lipinski definition) is 1. The van der Waals surface area contributed by atoms with Crippen LogP contribution in [0, 0.1) is 29.4 Å². The van der Waals surface area contributed by atoms with E-state index in [0.29, 0.717) is 12.1 Å². The summed E-state index contributed by atoms with van der Waals surface area (Å²) in [5.74, 6) is 1.63. The Labute approximate surface area is 107 Å². The van der Waals surface area contributed by atoms with Crippen LogP contribution in [0.25, 0.3) is 0 Å². The fourth-order valence-corrected chi connectivity index (χ4v) is 2.86. The molecule has 0 aromatic heterocycles. The lowest BCUT2D eigenvalue weighted by atomic mass is 9.98. The first-order chi connectivity index (χ1) is 8.72. The van der Waals surface area contributed by atoms with Gasteiger partial charge in [-0.15, -0.1) is 0 Å². The van der Waals surface area contributed by atoms with Crippen molar-refractivity contribution in [2.45, 2.75) is 32.2 Å². The van der Waals surface area contributed by atoms with Crippen molar-refractivity contribution >= 4 is 0 Å². The van der Waals surface area contributed by atoms with E-state index in [1.807, 2.05) is 0 Å². The molecule has 2 fully saturated rings. The molecule has 0 atom stereocenters. The predicted molar refractivity (Wildman–Crippen MR) is 67.0 cm³/mol. The van der Waals surface area contributed by atoms with Crippen molar-refractivity contribution in [1.82, 2.24) is 5.32 Å². The third kappa shape index (κ3) is 3.08. The SMILES string of the molecule is Fc1cc(F)cc(CNCC(C2CC2)C2CC2)c1. The minimum absolute atomic E-state index is 0.493. The molecule has 0 heterocycles. The van der Waals surface area contributed by atoms with Crippen molar-refractivity contribution in [3.05, 3.63) is 35.4 Å². The standard InChI is InChI=1S/C15H19F2N/c16-13-5-10(6-14(17)7-13)8-18-9-15(11-1-2-11)12-3-4-12/h5-7,11-12,15,18H,1-4,8-9H2. The molecule has 0 amide bonds. The van der Waals surface area contributed by atoms with Crippen LogP contribution in [0.1, 0.15) is 31.2 Å². The Balaban J connectivity index is 1.51. The molecular weight excluding hydrogens is 232 g/mol. The molecule has 3 heteroatoms. The topological polar surface area (TPSA) is 12.0 Å². The van der Waals surface area contributed by atoms with Gasteiger partial charge in [0.2, 0.25) is 0 Å². The van der Waals surface area contributed by atoms with Gasteiger partial charge in [-0.3, -0.25) is 0 Å². The van der Waals surface area contributed by atoms with Crippen LogP contribution >= 0.6 is 0 Å². The summed E-state index contributed by atoms with van der Waals surface area (Å²) in [6.07, 6.45) is 5.49. The Morgan fingerprint density at radius 3 is 2.06 bits per heavy atom. The quantitative estimate of drug-likeness (QED) is 0.816. The van der Waals surface area contributed by atoms with E-state index < -0.39 is 11.6 Å². The van der Waals surface area contributed by atoms with Crippen LogP contribution in [0.5, 0.6) is 0 Å². The fraction of sp³-hybridized carbons (Fsp3) is 0.600. The second kappa shape index (κ2) is 4.96. The van der Waals surface area contributed by atoms with E-state index in [1.54, 1.807) is 0 Å². The maximum Gasteiger partial charge on any atom is 0.126 e. The number of benzene rings is 1. The summed E-state index contributed by atoms with van der Waals surface area (Å²) in [5, 5.41) is 3.37. The van der Waals surface area contributed by atoms with Crippen LogP contribution in [0.3, 0.4) is 0 Å². The third-order valence-corrected chi connectivity index (χ3v) is 4.09. The molecule has 1 N–H and O–H groups in total. The van der Waals surface area contributed by atoms with E-state index in [-0.39, 0.29) is 0 Å². The molecule has 0 radical (unpaired) electrons. The zero-order valence-corrected chi connectivity index (χ0v) is 10.5. The van der Waals surface area contributed by atoms with Crippen LogP contribution in [0.15, 0.2) is 18.2 Å². The lowest BCUT2D eigenvalue weighted by Crippen LogP contribution is -2.25. The first kappa shape index (κ1) is 12.1. The van der Waals surface area contributed by atoms with Crippen molar-refractivity contribution < 1.29 is 8.78 Å². The smallest absolute Gasteiger partial charge is 0.126 e. The summed E-state index contributed by atoms with van der Waals surface area (Å²) in [6, 6.07) is 3.72. The van der Waals surface area contributed by atoms with Gasteiger partial charge in [0, 0.05) is 12.6 Å². The fourth-order valence-electron chi connectivity index (χ4n) is 2.86. The van der Waals surface area contributed by atoms with Gasteiger partial charge in [-0.25, -0.2) is 8.78 Å². The lowest BCUT2D eigenvalue weighted by Gasteiger charge is -2.16. The Morgan fingerprint density at radius 1 is 1.00 bits per heavy atom. The summed E-state index contributed by atoms with van der Waals surface area (Å²) in [6.45, 7) is 1.55. The van der Waals surface area contributed by atoms with Gasteiger partial charge in [0.1, 0.15) is 11.6 Å². The first-order valence-corrected chi connectivity index (χ1v) is 6.88.